The van der Waals surface area contributed by atoms with Crippen LogP contribution in [0.3, 0.4) is 0 Å². The average molecular weight is 181 g/mol. The van der Waals surface area contributed by atoms with E-state index < -0.39 is 5.82 Å². The predicted octanol–water partition coefficient (Wildman–Crippen LogP) is 1.20. The van der Waals surface area contributed by atoms with Crippen LogP contribution in [0.1, 0.15) is 11.1 Å². The topological polar surface area (TPSA) is 53.2 Å². The minimum atomic E-state index is -0.642. The zero-order valence-corrected chi connectivity index (χ0v) is 7.04. The lowest BCUT2D eigenvalue weighted by Crippen LogP contribution is -1.95. The van der Waals surface area contributed by atoms with Crippen LogP contribution in [0.25, 0.3) is 0 Å². The maximum absolute atomic E-state index is 13.0. The van der Waals surface area contributed by atoms with Crippen LogP contribution in [-0.4, -0.2) is 12.2 Å². The normalized spacial score (nSPS) is 9.38. The SMILES string of the molecule is COc1cc(F)c(C#N)cc1CO. The van der Waals surface area contributed by atoms with Gasteiger partial charge in [-0.3, -0.25) is 0 Å². The molecule has 0 aliphatic heterocycles. The Morgan fingerprint density at radius 2 is 2.31 bits per heavy atom. The van der Waals surface area contributed by atoms with E-state index in [-0.39, 0.29) is 17.9 Å². The number of hydrogen-bond donors (Lipinski definition) is 1. The van der Waals surface area contributed by atoms with Crippen molar-refractivity contribution in [1.29, 1.82) is 5.26 Å². The third-order valence-electron chi connectivity index (χ3n) is 1.66. The molecule has 0 fully saturated rings. The molecule has 0 radical (unpaired) electrons. The van der Waals surface area contributed by atoms with E-state index in [0.29, 0.717) is 5.56 Å². The predicted molar refractivity (Wildman–Crippen MR) is 43.6 cm³/mol. The Hall–Kier alpha value is -1.60. The Kier molecular flexibility index (Phi) is 2.83. The van der Waals surface area contributed by atoms with Crippen molar-refractivity contribution in [3.05, 3.63) is 29.1 Å². The van der Waals surface area contributed by atoms with E-state index in [0.717, 1.165) is 6.07 Å². The second-order valence-corrected chi connectivity index (χ2v) is 2.41. The van der Waals surface area contributed by atoms with E-state index in [2.05, 4.69) is 0 Å². The van der Waals surface area contributed by atoms with Crippen LogP contribution in [0.2, 0.25) is 0 Å². The van der Waals surface area contributed by atoms with Gasteiger partial charge in [0.15, 0.2) is 0 Å². The molecule has 0 aliphatic rings. The molecule has 0 heterocycles. The monoisotopic (exact) mass is 181 g/mol. The molecule has 0 saturated carbocycles. The maximum atomic E-state index is 13.0. The van der Waals surface area contributed by atoms with Crippen molar-refractivity contribution >= 4 is 0 Å². The van der Waals surface area contributed by atoms with Crippen LogP contribution in [0.4, 0.5) is 4.39 Å². The third kappa shape index (κ3) is 1.76. The zero-order chi connectivity index (χ0) is 9.84. The second-order valence-electron chi connectivity index (χ2n) is 2.41. The molecular weight excluding hydrogens is 173 g/mol. The minimum absolute atomic E-state index is 0.0927. The van der Waals surface area contributed by atoms with Gasteiger partial charge in [0.2, 0.25) is 0 Å². The van der Waals surface area contributed by atoms with Gasteiger partial charge in [-0.2, -0.15) is 5.26 Å². The molecule has 0 unspecified atom stereocenters. The first-order valence-electron chi connectivity index (χ1n) is 3.60. The molecule has 68 valence electrons. The summed E-state index contributed by atoms with van der Waals surface area (Å²) in [4.78, 5) is 0. The molecule has 1 N–H and O–H groups in total. The smallest absolute Gasteiger partial charge is 0.144 e. The fraction of sp³-hybridized carbons (Fsp3) is 0.222. The third-order valence-corrected chi connectivity index (χ3v) is 1.66. The van der Waals surface area contributed by atoms with Crippen molar-refractivity contribution in [1.82, 2.24) is 0 Å². The Bertz CT molecular complexity index is 357. The average Bonchev–Trinajstić information content (AvgIpc) is 2.17. The van der Waals surface area contributed by atoms with Gasteiger partial charge in [-0.1, -0.05) is 0 Å². The number of nitrogens with zero attached hydrogens (tertiary/aromatic N) is 1. The fourth-order valence-electron chi connectivity index (χ4n) is 0.999. The number of aliphatic hydroxyl groups excluding tert-OH is 1. The van der Waals surface area contributed by atoms with Gasteiger partial charge >= 0.3 is 0 Å². The molecule has 0 saturated heterocycles. The summed E-state index contributed by atoms with van der Waals surface area (Å²) < 4.78 is 17.8. The number of benzene rings is 1. The number of nitriles is 1. The van der Waals surface area contributed by atoms with Crippen molar-refractivity contribution in [3.8, 4) is 11.8 Å². The molecular formula is C9H8FNO2. The van der Waals surface area contributed by atoms with Crippen LogP contribution in [0.5, 0.6) is 5.75 Å². The highest BCUT2D eigenvalue weighted by Crippen LogP contribution is 2.22. The first kappa shape index (κ1) is 9.49. The summed E-state index contributed by atoms with van der Waals surface area (Å²) in [5, 5.41) is 17.3. The van der Waals surface area contributed by atoms with Crippen molar-refractivity contribution in [2.75, 3.05) is 7.11 Å². The van der Waals surface area contributed by atoms with Crippen molar-refractivity contribution in [2.45, 2.75) is 6.61 Å². The first-order chi connectivity index (χ1) is 6.22. The van der Waals surface area contributed by atoms with Crippen LogP contribution >= 0.6 is 0 Å². The summed E-state index contributed by atoms with van der Waals surface area (Å²) in [5.74, 6) is -0.393. The summed E-state index contributed by atoms with van der Waals surface area (Å²) in [6.45, 7) is -0.280. The standard InChI is InChI=1S/C9H8FNO2/c1-13-9-3-8(10)6(4-11)2-7(9)5-12/h2-3,12H,5H2,1H3. The van der Waals surface area contributed by atoms with E-state index in [1.807, 2.05) is 0 Å². The van der Waals surface area contributed by atoms with Crippen LogP contribution in [0.15, 0.2) is 12.1 Å². The largest absolute Gasteiger partial charge is 0.496 e. The van der Waals surface area contributed by atoms with Crippen molar-refractivity contribution in [2.24, 2.45) is 0 Å². The van der Waals surface area contributed by atoms with Gasteiger partial charge in [0, 0.05) is 11.6 Å². The molecule has 0 amide bonds. The molecule has 0 aromatic heterocycles. The van der Waals surface area contributed by atoms with Gasteiger partial charge in [0.1, 0.15) is 17.6 Å². The lowest BCUT2D eigenvalue weighted by atomic mass is 10.1. The van der Waals surface area contributed by atoms with E-state index in [9.17, 15) is 4.39 Å². The summed E-state index contributed by atoms with van der Waals surface area (Å²) in [6, 6.07) is 4.04. The molecule has 0 bridgehead atoms. The van der Waals surface area contributed by atoms with E-state index in [1.165, 1.54) is 13.2 Å². The lowest BCUT2D eigenvalue weighted by molar-refractivity contribution is 0.273. The Labute approximate surface area is 75.0 Å². The van der Waals surface area contributed by atoms with E-state index in [1.54, 1.807) is 6.07 Å². The quantitative estimate of drug-likeness (QED) is 0.745. The molecule has 1 aromatic carbocycles. The zero-order valence-electron chi connectivity index (χ0n) is 7.04. The van der Waals surface area contributed by atoms with Gasteiger partial charge in [0.05, 0.1) is 19.3 Å². The second kappa shape index (κ2) is 3.87. The molecule has 0 atom stereocenters. The maximum Gasteiger partial charge on any atom is 0.144 e. The van der Waals surface area contributed by atoms with Gasteiger partial charge in [-0.05, 0) is 6.07 Å². The molecule has 1 aromatic rings. The minimum Gasteiger partial charge on any atom is -0.496 e. The summed E-state index contributed by atoms with van der Waals surface area (Å²) >= 11 is 0. The summed E-state index contributed by atoms with van der Waals surface area (Å²) in [7, 11) is 1.37. The molecule has 13 heavy (non-hydrogen) atoms. The molecule has 3 nitrogen and oxygen atoms in total. The van der Waals surface area contributed by atoms with Gasteiger partial charge in [-0.15, -0.1) is 0 Å². The number of rotatable bonds is 2. The van der Waals surface area contributed by atoms with Gasteiger partial charge in [0.25, 0.3) is 0 Å². The fourth-order valence-corrected chi connectivity index (χ4v) is 0.999. The molecule has 1 rings (SSSR count). The number of hydrogen-bond acceptors (Lipinski definition) is 3. The van der Waals surface area contributed by atoms with Crippen LogP contribution in [0, 0.1) is 17.1 Å². The Balaban J connectivity index is 3.28. The Morgan fingerprint density at radius 3 is 2.77 bits per heavy atom. The summed E-state index contributed by atoms with van der Waals surface area (Å²) in [6.07, 6.45) is 0. The van der Waals surface area contributed by atoms with Crippen LogP contribution in [-0.2, 0) is 6.61 Å². The highest BCUT2D eigenvalue weighted by molar-refractivity contribution is 5.42. The molecule has 4 heteroatoms. The highest BCUT2D eigenvalue weighted by atomic mass is 19.1. The number of halogens is 1. The van der Waals surface area contributed by atoms with Crippen molar-refractivity contribution < 1.29 is 14.2 Å². The summed E-state index contributed by atoms with van der Waals surface area (Å²) in [5.41, 5.74) is 0.310. The van der Waals surface area contributed by atoms with Gasteiger partial charge < -0.3 is 9.84 Å². The van der Waals surface area contributed by atoms with Crippen molar-refractivity contribution in [3.63, 3.8) is 0 Å². The number of aliphatic hydroxyl groups is 1. The number of methoxy groups -OCH3 is 1. The number of ether oxygens (including phenoxy) is 1. The van der Waals surface area contributed by atoms with E-state index >= 15 is 0 Å². The van der Waals surface area contributed by atoms with Gasteiger partial charge in [-0.25, -0.2) is 4.39 Å². The molecule has 0 spiro atoms. The van der Waals surface area contributed by atoms with Crippen LogP contribution < -0.4 is 4.74 Å². The highest BCUT2D eigenvalue weighted by Gasteiger charge is 2.08. The Morgan fingerprint density at radius 1 is 1.62 bits per heavy atom. The van der Waals surface area contributed by atoms with E-state index in [4.69, 9.17) is 15.1 Å². The lowest BCUT2D eigenvalue weighted by Gasteiger charge is -2.06. The molecule has 0 aliphatic carbocycles. The first-order valence-corrected chi connectivity index (χ1v) is 3.60.